The fourth-order valence-electron chi connectivity index (χ4n) is 4.27. The molecule has 3 aromatic rings. The molecule has 32 heavy (non-hydrogen) atoms. The lowest BCUT2D eigenvalue weighted by Gasteiger charge is -2.31. The monoisotopic (exact) mass is 532 g/mol. The van der Waals surface area contributed by atoms with Gasteiger partial charge in [0.1, 0.15) is 5.75 Å². The number of hydrogen-bond acceptors (Lipinski definition) is 5. The summed E-state index contributed by atoms with van der Waals surface area (Å²) in [5.41, 5.74) is 2.20. The van der Waals surface area contributed by atoms with Gasteiger partial charge in [0.05, 0.1) is 21.9 Å². The molecule has 0 amide bonds. The number of halogens is 3. The third-order valence-corrected chi connectivity index (χ3v) is 8.46. The van der Waals surface area contributed by atoms with Crippen molar-refractivity contribution in [2.75, 3.05) is 32.5 Å². The summed E-state index contributed by atoms with van der Waals surface area (Å²) < 4.78 is 6.83. The quantitative estimate of drug-likeness (QED) is 0.264. The highest BCUT2D eigenvalue weighted by atomic mass is 35.5. The van der Waals surface area contributed by atoms with E-state index in [0.717, 1.165) is 34.0 Å². The molecule has 0 atom stereocenters. The van der Waals surface area contributed by atoms with E-state index in [1.165, 1.54) is 60.8 Å². The standard InChI is InChI=1S/C24H29ClN2OS2.2ClH/c1-28-19-7-8-23-21(16-19)20(22(25)17-26-23)5-2-4-18-9-11-27(12-10-18)13-15-30-24-6-3-14-29-24;;/h3,6-8,14,16-18H,2,4-5,9-13,15H2,1H3;2*1H. The van der Waals surface area contributed by atoms with E-state index in [1.54, 1.807) is 13.3 Å². The predicted octanol–water partition coefficient (Wildman–Crippen LogP) is 7.63. The summed E-state index contributed by atoms with van der Waals surface area (Å²) in [6.07, 6.45) is 7.89. The molecule has 8 heteroatoms. The zero-order chi connectivity index (χ0) is 20.8. The Bertz CT molecular complexity index is 948. The number of fused-ring (bicyclic) bond motifs is 1. The van der Waals surface area contributed by atoms with Gasteiger partial charge in [-0.3, -0.25) is 4.98 Å². The number of thiophene rings is 1. The van der Waals surface area contributed by atoms with Crippen LogP contribution in [0.25, 0.3) is 10.9 Å². The Kier molecular flexibility index (Phi) is 12.0. The first-order chi connectivity index (χ1) is 14.7. The van der Waals surface area contributed by atoms with Crippen molar-refractivity contribution in [1.82, 2.24) is 9.88 Å². The van der Waals surface area contributed by atoms with Crippen molar-refractivity contribution >= 4 is 70.4 Å². The number of ether oxygens (including phenoxy) is 1. The Morgan fingerprint density at radius 3 is 2.75 bits per heavy atom. The second kappa shape index (κ2) is 13.9. The van der Waals surface area contributed by atoms with E-state index >= 15 is 0 Å². The van der Waals surface area contributed by atoms with Crippen LogP contribution >= 0.6 is 59.5 Å². The van der Waals surface area contributed by atoms with Crippen molar-refractivity contribution in [2.45, 2.75) is 36.3 Å². The third-order valence-electron chi connectivity index (χ3n) is 6.03. The maximum absolute atomic E-state index is 6.51. The number of pyridine rings is 1. The molecule has 1 aliphatic rings. The van der Waals surface area contributed by atoms with E-state index < -0.39 is 0 Å². The Balaban J connectivity index is 0.00000181. The summed E-state index contributed by atoms with van der Waals surface area (Å²) >= 11 is 10.3. The minimum absolute atomic E-state index is 0. The molecule has 1 fully saturated rings. The number of hydrogen-bond donors (Lipinski definition) is 0. The van der Waals surface area contributed by atoms with E-state index in [-0.39, 0.29) is 24.8 Å². The molecule has 0 saturated carbocycles. The highest BCUT2D eigenvalue weighted by Gasteiger charge is 2.19. The van der Waals surface area contributed by atoms with E-state index in [1.807, 2.05) is 35.2 Å². The average Bonchev–Trinajstić information content (AvgIpc) is 3.29. The largest absolute Gasteiger partial charge is 0.497 e. The smallest absolute Gasteiger partial charge is 0.119 e. The van der Waals surface area contributed by atoms with Gasteiger partial charge in [-0.25, -0.2) is 0 Å². The van der Waals surface area contributed by atoms with Gasteiger partial charge in [-0.2, -0.15) is 0 Å². The number of piperidine rings is 1. The lowest BCUT2D eigenvalue weighted by atomic mass is 9.90. The molecule has 0 bridgehead atoms. The number of methoxy groups -OCH3 is 1. The highest BCUT2D eigenvalue weighted by molar-refractivity contribution is 8.01. The molecule has 0 spiro atoms. The molecule has 1 aromatic carbocycles. The molecule has 0 radical (unpaired) electrons. The van der Waals surface area contributed by atoms with Crippen LogP contribution in [0.15, 0.2) is 46.1 Å². The van der Waals surface area contributed by atoms with Crippen molar-refractivity contribution in [2.24, 2.45) is 5.92 Å². The predicted molar refractivity (Wildman–Crippen MR) is 145 cm³/mol. The Morgan fingerprint density at radius 1 is 1.22 bits per heavy atom. The van der Waals surface area contributed by atoms with Gasteiger partial charge in [0.15, 0.2) is 0 Å². The molecular formula is C24H31Cl3N2OS2. The van der Waals surface area contributed by atoms with Crippen LogP contribution in [0.5, 0.6) is 5.75 Å². The van der Waals surface area contributed by atoms with Crippen LogP contribution in [0.2, 0.25) is 5.02 Å². The molecular weight excluding hydrogens is 503 g/mol. The van der Waals surface area contributed by atoms with Gasteiger partial charge < -0.3 is 9.64 Å². The van der Waals surface area contributed by atoms with E-state index in [0.29, 0.717) is 0 Å². The fourth-order valence-corrected chi connectivity index (χ4v) is 6.38. The number of thioether (sulfide) groups is 1. The molecule has 176 valence electrons. The fraction of sp³-hybridized carbons (Fsp3) is 0.458. The maximum Gasteiger partial charge on any atom is 0.119 e. The number of likely N-dealkylation sites (tertiary alicyclic amines) is 1. The van der Waals surface area contributed by atoms with Crippen molar-refractivity contribution in [1.29, 1.82) is 0 Å². The number of benzene rings is 1. The van der Waals surface area contributed by atoms with Gasteiger partial charge in [-0.05, 0) is 79.9 Å². The molecule has 3 heterocycles. The second-order valence-corrected chi connectivity index (χ2v) is 10.7. The van der Waals surface area contributed by atoms with Gasteiger partial charge in [-0.15, -0.1) is 47.9 Å². The molecule has 4 rings (SSSR count). The molecule has 0 unspecified atom stereocenters. The lowest BCUT2D eigenvalue weighted by molar-refractivity contribution is 0.186. The zero-order valence-electron chi connectivity index (χ0n) is 18.3. The average molecular weight is 534 g/mol. The number of aromatic nitrogens is 1. The van der Waals surface area contributed by atoms with Crippen LogP contribution in [-0.2, 0) is 6.42 Å². The van der Waals surface area contributed by atoms with Gasteiger partial charge in [0.2, 0.25) is 0 Å². The Hall–Kier alpha value is -0.690. The minimum atomic E-state index is 0. The summed E-state index contributed by atoms with van der Waals surface area (Å²) in [7, 11) is 1.70. The molecule has 0 N–H and O–H groups in total. The highest BCUT2D eigenvalue weighted by Crippen LogP contribution is 2.30. The van der Waals surface area contributed by atoms with Gasteiger partial charge >= 0.3 is 0 Å². The maximum atomic E-state index is 6.51. The van der Waals surface area contributed by atoms with Crippen molar-refractivity contribution in [3.05, 3.63) is 52.5 Å². The SMILES string of the molecule is COc1ccc2ncc(Cl)c(CCCC3CCN(CCSc4cccs4)CC3)c2c1.Cl.Cl. The first kappa shape index (κ1) is 27.6. The molecule has 1 saturated heterocycles. The normalized spacial score (nSPS) is 14.7. The van der Waals surface area contributed by atoms with Crippen LogP contribution < -0.4 is 4.74 Å². The summed E-state index contributed by atoms with van der Waals surface area (Å²) in [4.78, 5) is 7.11. The lowest BCUT2D eigenvalue weighted by Crippen LogP contribution is -2.35. The number of nitrogens with zero attached hydrogens (tertiary/aromatic N) is 2. The van der Waals surface area contributed by atoms with E-state index in [4.69, 9.17) is 16.3 Å². The Morgan fingerprint density at radius 2 is 2.03 bits per heavy atom. The number of aryl methyl sites for hydroxylation is 1. The minimum Gasteiger partial charge on any atom is -0.497 e. The van der Waals surface area contributed by atoms with Crippen molar-refractivity contribution < 1.29 is 4.74 Å². The van der Waals surface area contributed by atoms with Crippen LogP contribution in [0.4, 0.5) is 0 Å². The zero-order valence-corrected chi connectivity index (χ0v) is 22.3. The topological polar surface area (TPSA) is 25.4 Å². The second-order valence-electron chi connectivity index (χ2n) is 7.93. The van der Waals surface area contributed by atoms with E-state index in [9.17, 15) is 0 Å². The molecule has 2 aromatic heterocycles. The number of rotatable bonds is 9. The summed E-state index contributed by atoms with van der Waals surface area (Å²) in [6.45, 7) is 3.69. The summed E-state index contributed by atoms with van der Waals surface area (Å²) in [5.74, 6) is 2.90. The first-order valence-corrected chi connectivity index (χ1v) is 13.0. The molecule has 1 aliphatic heterocycles. The van der Waals surface area contributed by atoms with Gasteiger partial charge in [0, 0.05) is 23.9 Å². The van der Waals surface area contributed by atoms with Crippen molar-refractivity contribution in [3.8, 4) is 5.75 Å². The van der Waals surface area contributed by atoms with Crippen LogP contribution in [0.3, 0.4) is 0 Å². The molecule has 0 aliphatic carbocycles. The first-order valence-electron chi connectivity index (χ1n) is 10.7. The van der Waals surface area contributed by atoms with Crippen LogP contribution in [0, 0.1) is 5.92 Å². The third kappa shape index (κ3) is 7.41. The summed E-state index contributed by atoms with van der Waals surface area (Å²) in [5, 5.41) is 4.06. The van der Waals surface area contributed by atoms with Crippen molar-refractivity contribution in [3.63, 3.8) is 0 Å². The Labute approximate surface area is 217 Å². The summed E-state index contributed by atoms with van der Waals surface area (Å²) in [6, 6.07) is 10.4. The van der Waals surface area contributed by atoms with E-state index in [2.05, 4.69) is 33.5 Å². The van der Waals surface area contributed by atoms with Gasteiger partial charge in [0.25, 0.3) is 0 Å². The van der Waals surface area contributed by atoms with Gasteiger partial charge in [-0.1, -0.05) is 24.1 Å². The van der Waals surface area contributed by atoms with Crippen LogP contribution in [0.1, 0.15) is 31.2 Å². The molecule has 3 nitrogen and oxygen atoms in total. The van der Waals surface area contributed by atoms with Crippen LogP contribution in [-0.4, -0.2) is 42.4 Å².